The van der Waals surface area contributed by atoms with Crippen molar-refractivity contribution in [3.8, 4) is 0 Å². The Morgan fingerprint density at radius 2 is 2.06 bits per heavy atom. The maximum Gasteiger partial charge on any atom is 0.416 e. The molecule has 1 heterocycles. The fourth-order valence-corrected chi connectivity index (χ4v) is 5.21. The van der Waals surface area contributed by atoms with Crippen LogP contribution in [-0.4, -0.2) is 18.5 Å². The zero-order valence-corrected chi connectivity index (χ0v) is 19.2. The number of fused-ring (bicyclic) bond motifs is 1. The molecule has 0 bridgehead atoms. The van der Waals surface area contributed by atoms with Crippen LogP contribution in [0.2, 0.25) is 5.02 Å². The molecule has 1 aromatic carbocycles. The van der Waals surface area contributed by atoms with Gasteiger partial charge in [0.15, 0.2) is 0 Å². The smallest absolute Gasteiger partial charge is 0.416 e. The van der Waals surface area contributed by atoms with Crippen LogP contribution in [0.5, 0.6) is 0 Å². The van der Waals surface area contributed by atoms with E-state index in [1.54, 1.807) is 6.92 Å². The number of halogens is 4. The van der Waals surface area contributed by atoms with E-state index in [1.807, 2.05) is 0 Å². The van der Waals surface area contributed by atoms with Crippen molar-refractivity contribution in [1.82, 2.24) is 0 Å². The van der Waals surface area contributed by atoms with Crippen molar-refractivity contribution in [2.75, 3.05) is 11.9 Å². The van der Waals surface area contributed by atoms with Crippen LogP contribution in [0.1, 0.15) is 58.6 Å². The summed E-state index contributed by atoms with van der Waals surface area (Å²) < 4.78 is 44.0. The van der Waals surface area contributed by atoms with Gasteiger partial charge in [-0.2, -0.15) is 13.2 Å². The quantitative estimate of drug-likeness (QED) is 0.363. The number of alkyl halides is 3. The van der Waals surface area contributed by atoms with Crippen molar-refractivity contribution in [2.45, 2.75) is 45.7 Å². The summed E-state index contributed by atoms with van der Waals surface area (Å²) in [6, 6.07) is 2.90. The summed E-state index contributed by atoms with van der Waals surface area (Å²) in [4.78, 5) is 26.2. The predicted molar refractivity (Wildman–Crippen MR) is 120 cm³/mol. The minimum atomic E-state index is -4.52. The lowest BCUT2D eigenvalue weighted by Crippen LogP contribution is -2.16. The molecule has 1 aromatic heterocycles. The van der Waals surface area contributed by atoms with E-state index in [-0.39, 0.29) is 17.2 Å². The molecule has 1 aliphatic rings. The van der Waals surface area contributed by atoms with Crippen molar-refractivity contribution in [2.24, 2.45) is 5.92 Å². The number of carbonyl (C=O) groups is 2. The van der Waals surface area contributed by atoms with Gasteiger partial charge in [0.1, 0.15) is 5.00 Å². The van der Waals surface area contributed by atoms with Gasteiger partial charge in [-0.15, -0.1) is 11.3 Å². The number of rotatable bonds is 6. The largest absolute Gasteiger partial charge is 0.462 e. The molecule has 1 amide bonds. The van der Waals surface area contributed by atoms with Crippen molar-refractivity contribution in [3.05, 3.63) is 56.4 Å². The SMILES string of the molecule is CCOC(=O)c1c(NC(=O)/C=C/c2cc(C(F)(F)F)ccc2Cl)sc2c1CCC(CC)C2. The third-order valence-corrected chi connectivity index (χ3v) is 6.91. The van der Waals surface area contributed by atoms with Gasteiger partial charge in [-0.3, -0.25) is 4.79 Å². The standard InChI is InChI=1S/C23H23ClF3NO3S/c1-3-13-5-8-16-18(11-13)32-21(20(16)22(30)31-4-2)28-19(29)10-6-14-12-15(23(25,26)27)7-9-17(14)24/h6-7,9-10,12-13H,3-5,8,11H2,1-2H3,(H,28,29)/b10-6+. The monoisotopic (exact) mass is 485 g/mol. The van der Waals surface area contributed by atoms with E-state index < -0.39 is 23.6 Å². The van der Waals surface area contributed by atoms with Gasteiger partial charge in [0, 0.05) is 16.0 Å². The van der Waals surface area contributed by atoms with Gasteiger partial charge in [0.2, 0.25) is 5.91 Å². The Morgan fingerprint density at radius 3 is 2.72 bits per heavy atom. The molecule has 0 aliphatic heterocycles. The molecule has 0 saturated carbocycles. The molecule has 4 nitrogen and oxygen atoms in total. The Hall–Kier alpha value is -2.32. The van der Waals surface area contributed by atoms with Crippen molar-refractivity contribution >= 4 is 45.9 Å². The number of anilines is 1. The molecule has 1 N–H and O–H groups in total. The highest BCUT2D eigenvalue weighted by Crippen LogP contribution is 2.41. The summed E-state index contributed by atoms with van der Waals surface area (Å²) in [5.41, 5.74) is 0.500. The predicted octanol–water partition coefficient (Wildman–Crippen LogP) is 6.76. The van der Waals surface area contributed by atoms with Crippen molar-refractivity contribution in [1.29, 1.82) is 0 Å². The number of amides is 1. The summed E-state index contributed by atoms with van der Waals surface area (Å²) in [5, 5.41) is 3.19. The van der Waals surface area contributed by atoms with Gasteiger partial charge < -0.3 is 10.1 Å². The van der Waals surface area contributed by atoms with Crippen LogP contribution in [0.25, 0.3) is 6.08 Å². The molecular weight excluding hydrogens is 463 g/mol. The number of hydrogen-bond donors (Lipinski definition) is 1. The number of benzene rings is 1. The van der Waals surface area contributed by atoms with E-state index in [0.29, 0.717) is 16.5 Å². The molecule has 3 rings (SSSR count). The zero-order chi connectivity index (χ0) is 23.5. The van der Waals surface area contributed by atoms with Gasteiger partial charge in [0.05, 0.1) is 17.7 Å². The highest BCUT2D eigenvalue weighted by molar-refractivity contribution is 7.17. The van der Waals surface area contributed by atoms with Crippen LogP contribution in [0.15, 0.2) is 24.3 Å². The van der Waals surface area contributed by atoms with Crippen LogP contribution in [0.4, 0.5) is 18.2 Å². The van der Waals surface area contributed by atoms with Crippen LogP contribution in [0, 0.1) is 5.92 Å². The first kappa shape index (κ1) is 24.3. The van der Waals surface area contributed by atoms with E-state index >= 15 is 0 Å². The maximum absolute atomic E-state index is 12.9. The number of ether oxygens (including phenoxy) is 1. The first-order valence-corrected chi connectivity index (χ1v) is 11.5. The van der Waals surface area contributed by atoms with Crippen LogP contribution >= 0.6 is 22.9 Å². The van der Waals surface area contributed by atoms with Gasteiger partial charge in [-0.25, -0.2) is 4.79 Å². The molecule has 0 saturated heterocycles. The molecule has 0 fully saturated rings. The van der Waals surface area contributed by atoms with Crippen LogP contribution < -0.4 is 5.32 Å². The molecule has 0 spiro atoms. The fourth-order valence-electron chi connectivity index (χ4n) is 3.68. The highest BCUT2D eigenvalue weighted by atomic mass is 35.5. The second-order valence-electron chi connectivity index (χ2n) is 7.50. The van der Waals surface area contributed by atoms with E-state index in [1.165, 1.54) is 17.4 Å². The molecule has 1 aliphatic carbocycles. The second kappa shape index (κ2) is 10.1. The minimum absolute atomic E-state index is 0.0681. The Labute approximate surface area is 193 Å². The second-order valence-corrected chi connectivity index (χ2v) is 9.01. The molecule has 172 valence electrons. The Bertz CT molecular complexity index is 1050. The molecule has 2 aromatic rings. The zero-order valence-electron chi connectivity index (χ0n) is 17.6. The third kappa shape index (κ3) is 5.53. The topological polar surface area (TPSA) is 55.4 Å². The van der Waals surface area contributed by atoms with E-state index in [4.69, 9.17) is 16.3 Å². The maximum atomic E-state index is 12.9. The van der Waals surface area contributed by atoms with Crippen molar-refractivity contribution in [3.63, 3.8) is 0 Å². The average molecular weight is 486 g/mol. The van der Waals surface area contributed by atoms with Gasteiger partial charge >= 0.3 is 12.1 Å². The number of esters is 1. The first-order valence-electron chi connectivity index (χ1n) is 10.3. The number of thiophene rings is 1. The van der Waals surface area contributed by atoms with Crippen LogP contribution in [-0.2, 0) is 28.5 Å². The summed E-state index contributed by atoms with van der Waals surface area (Å²) in [6.45, 7) is 4.05. The van der Waals surface area contributed by atoms with Gasteiger partial charge in [0.25, 0.3) is 0 Å². The molecule has 9 heteroatoms. The number of nitrogens with one attached hydrogen (secondary N) is 1. The number of hydrogen-bond acceptors (Lipinski definition) is 4. The summed E-state index contributed by atoms with van der Waals surface area (Å²) in [7, 11) is 0. The number of carbonyl (C=O) groups excluding carboxylic acids is 2. The minimum Gasteiger partial charge on any atom is -0.462 e. The Balaban J connectivity index is 1.85. The lowest BCUT2D eigenvalue weighted by Gasteiger charge is -2.20. The molecule has 1 unspecified atom stereocenters. The average Bonchev–Trinajstić information content (AvgIpc) is 3.09. The van der Waals surface area contributed by atoms with Gasteiger partial charge in [-0.1, -0.05) is 24.9 Å². The third-order valence-electron chi connectivity index (χ3n) is 5.40. The molecular formula is C23H23ClF3NO3S. The molecule has 0 radical (unpaired) electrons. The van der Waals surface area contributed by atoms with Crippen molar-refractivity contribution < 1.29 is 27.5 Å². The Kier molecular flexibility index (Phi) is 7.67. The fraction of sp³-hybridized carbons (Fsp3) is 0.391. The normalized spacial score (nSPS) is 16.1. The van der Waals surface area contributed by atoms with E-state index in [9.17, 15) is 22.8 Å². The summed E-state index contributed by atoms with van der Waals surface area (Å²) >= 11 is 7.33. The van der Waals surface area contributed by atoms with E-state index in [2.05, 4.69) is 12.2 Å². The lowest BCUT2D eigenvalue weighted by atomic mass is 9.85. The Morgan fingerprint density at radius 1 is 1.31 bits per heavy atom. The van der Waals surface area contributed by atoms with E-state index in [0.717, 1.165) is 60.4 Å². The summed E-state index contributed by atoms with van der Waals surface area (Å²) in [5.74, 6) is -0.530. The lowest BCUT2D eigenvalue weighted by molar-refractivity contribution is -0.137. The first-order chi connectivity index (χ1) is 15.1. The van der Waals surface area contributed by atoms with Crippen LogP contribution in [0.3, 0.4) is 0 Å². The van der Waals surface area contributed by atoms with Gasteiger partial charge in [-0.05, 0) is 67.5 Å². The molecule has 1 atom stereocenters. The highest BCUT2D eigenvalue weighted by Gasteiger charge is 2.31. The molecule has 32 heavy (non-hydrogen) atoms. The summed E-state index contributed by atoms with van der Waals surface area (Å²) in [6.07, 6.45) is 1.39.